The second-order valence-electron chi connectivity index (χ2n) is 4.40. The summed E-state index contributed by atoms with van der Waals surface area (Å²) >= 11 is 3.36. The van der Waals surface area contributed by atoms with Gasteiger partial charge >= 0.3 is 0 Å². The van der Waals surface area contributed by atoms with Crippen molar-refractivity contribution in [1.29, 1.82) is 0 Å². The van der Waals surface area contributed by atoms with Crippen LogP contribution in [0, 0.1) is 12.7 Å². The lowest BCUT2D eigenvalue weighted by molar-refractivity contribution is 0.627. The summed E-state index contributed by atoms with van der Waals surface area (Å²) in [6, 6.07) is 13.2. The fourth-order valence-electron chi connectivity index (χ4n) is 1.78. The number of hydrogen-bond acceptors (Lipinski definition) is 1. The first kappa shape index (κ1) is 13.1. The van der Waals surface area contributed by atoms with Gasteiger partial charge in [-0.15, -0.1) is 0 Å². The molecule has 2 aromatic carbocycles. The molecule has 0 amide bonds. The van der Waals surface area contributed by atoms with Crippen LogP contribution >= 0.6 is 15.9 Å². The second-order valence-corrected chi connectivity index (χ2v) is 5.26. The highest BCUT2D eigenvalue weighted by atomic mass is 79.9. The average Bonchev–Trinajstić information content (AvgIpc) is 2.33. The Kier molecular flexibility index (Phi) is 4.02. The first-order chi connectivity index (χ1) is 8.56. The Bertz CT molecular complexity index is 537. The van der Waals surface area contributed by atoms with E-state index in [1.54, 1.807) is 6.07 Å². The first-order valence-corrected chi connectivity index (χ1v) is 6.64. The molecule has 0 saturated heterocycles. The molecular formula is C15H15BrFN. The van der Waals surface area contributed by atoms with Crippen molar-refractivity contribution in [2.24, 2.45) is 0 Å². The van der Waals surface area contributed by atoms with Gasteiger partial charge in [-0.25, -0.2) is 4.39 Å². The van der Waals surface area contributed by atoms with Crippen molar-refractivity contribution >= 4 is 21.6 Å². The molecule has 0 bridgehead atoms. The van der Waals surface area contributed by atoms with Gasteiger partial charge < -0.3 is 5.32 Å². The molecule has 1 nitrogen and oxygen atoms in total. The van der Waals surface area contributed by atoms with Crippen molar-refractivity contribution in [1.82, 2.24) is 0 Å². The lowest BCUT2D eigenvalue weighted by Gasteiger charge is -2.17. The van der Waals surface area contributed by atoms with E-state index in [1.165, 1.54) is 23.3 Å². The lowest BCUT2D eigenvalue weighted by Crippen LogP contribution is -2.07. The predicted octanol–water partition coefficient (Wildman–Crippen LogP) is 5.07. The van der Waals surface area contributed by atoms with Crippen LogP contribution in [-0.4, -0.2) is 0 Å². The number of anilines is 1. The molecule has 0 fully saturated rings. The molecule has 1 N–H and O–H groups in total. The van der Waals surface area contributed by atoms with Gasteiger partial charge in [-0.2, -0.15) is 0 Å². The van der Waals surface area contributed by atoms with Gasteiger partial charge in [0.2, 0.25) is 0 Å². The van der Waals surface area contributed by atoms with Crippen LogP contribution in [0.4, 0.5) is 10.1 Å². The number of nitrogens with one attached hydrogen (secondary N) is 1. The van der Waals surface area contributed by atoms with Crippen LogP contribution in [0.1, 0.15) is 24.1 Å². The minimum atomic E-state index is -0.240. The summed E-state index contributed by atoms with van der Waals surface area (Å²) in [6.45, 7) is 4.15. The monoisotopic (exact) mass is 307 g/mol. The minimum Gasteiger partial charge on any atom is -0.378 e. The molecule has 0 heterocycles. The predicted molar refractivity (Wildman–Crippen MR) is 77.3 cm³/mol. The van der Waals surface area contributed by atoms with Gasteiger partial charge in [-0.05, 0) is 53.5 Å². The Hall–Kier alpha value is -1.35. The van der Waals surface area contributed by atoms with Gasteiger partial charge in [0.25, 0.3) is 0 Å². The minimum absolute atomic E-state index is 0.173. The van der Waals surface area contributed by atoms with E-state index in [9.17, 15) is 4.39 Å². The van der Waals surface area contributed by atoms with Crippen LogP contribution in [0.15, 0.2) is 46.9 Å². The third kappa shape index (κ3) is 3.10. The molecule has 3 heteroatoms. The van der Waals surface area contributed by atoms with Gasteiger partial charge in [0.05, 0.1) is 0 Å². The van der Waals surface area contributed by atoms with E-state index in [4.69, 9.17) is 0 Å². The largest absolute Gasteiger partial charge is 0.378 e. The highest BCUT2D eigenvalue weighted by Gasteiger charge is 2.07. The van der Waals surface area contributed by atoms with Crippen molar-refractivity contribution in [3.8, 4) is 0 Å². The molecular weight excluding hydrogens is 293 g/mol. The molecule has 0 spiro atoms. The summed E-state index contributed by atoms with van der Waals surface area (Å²) in [6.07, 6.45) is 0. The van der Waals surface area contributed by atoms with Gasteiger partial charge in [0, 0.05) is 16.2 Å². The number of rotatable bonds is 3. The summed E-state index contributed by atoms with van der Waals surface area (Å²) in [4.78, 5) is 0. The summed E-state index contributed by atoms with van der Waals surface area (Å²) in [5.74, 6) is -0.240. The molecule has 1 atom stereocenters. The van der Waals surface area contributed by atoms with Gasteiger partial charge in [-0.3, -0.25) is 0 Å². The van der Waals surface area contributed by atoms with Crippen molar-refractivity contribution in [2.75, 3.05) is 5.32 Å². The zero-order chi connectivity index (χ0) is 13.1. The van der Waals surface area contributed by atoms with Crippen LogP contribution in [0.3, 0.4) is 0 Å². The standard InChI is InChI=1S/C15H15BrFN/c1-10-3-5-12(6-4-10)11(2)18-15-8-7-13(17)9-14(15)16/h3-9,11,18H,1-2H3. The third-order valence-corrected chi connectivity index (χ3v) is 3.54. The Morgan fingerprint density at radius 2 is 1.78 bits per heavy atom. The average molecular weight is 308 g/mol. The van der Waals surface area contributed by atoms with Crippen LogP contribution < -0.4 is 5.32 Å². The molecule has 0 aromatic heterocycles. The Balaban J connectivity index is 2.15. The lowest BCUT2D eigenvalue weighted by atomic mass is 10.1. The summed E-state index contributed by atoms with van der Waals surface area (Å²) < 4.78 is 13.7. The van der Waals surface area contributed by atoms with E-state index in [1.807, 2.05) is 0 Å². The van der Waals surface area contributed by atoms with Gasteiger partial charge in [-0.1, -0.05) is 29.8 Å². The Morgan fingerprint density at radius 1 is 1.11 bits per heavy atom. The molecule has 0 aliphatic rings. The number of aryl methyl sites for hydroxylation is 1. The van der Waals surface area contributed by atoms with Crippen molar-refractivity contribution in [3.05, 3.63) is 63.9 Å². The molecule has 2 rings (SSSR count). The van der Waals surface area contributed by atoms with E-state index in [-0.39, 0.29) is 11.9 Å². The van der Waals surface area contributed by atoms with E-state index in [0.717, 1.165) is 10.2 Å². The molecule has 0 radical (unpaired) electrons. The fraction of sp³-hybridized carbons (Fsp3) is 0.200. The highest BCUT2D eigenvalue weighted by molar-refractivity contribution is 9.10. The molecule has 0 aliphatic heterocycles. The quantitative estimate of drug-likeness (QED) is 0.834. The Morgan fingerprint density at radius 3 is 2.39 bits per heavy atom. The number of benzene rings is 2. The van der Waals surface area contributed by atoms with Crippen LogP contribution in [0.2, 0.25) is 0 Å². The van der Waals surface area contributed by atoms with E-state index in [2.05, 4.69) is 59.4 Å². The molecule has 0 saturated carbocycles. The second kappa shape index (κ2) is 5.53. The highest BCUT2D eigenvalue weighted by Crippen LogP contribution is 2.27. The maximum atomic E-state index is 13.0. The van der Waals surface area contributed by atoms with Gasteiger partial charge in [0.1, 0.15) is 5.82 Å². The topological polar surface area (TPSA) is 12.0 Å². The summed E-state index contributed by atoms with van der Waals surface area (Å²) in [5.41, 5.74) is 3.34. The number of hydrogen-bond donors (Lipinski definition) is 1. The maximum Gasteiger partial charge on any atom is 0.124 e. The third-order valence-electron chi connectivity index (χ3n) is 2.88. The maximum absolute atomic E-state index is 13.0. The smallest absolute Gasteiger partial charge is 0.124 e. The summed E-state index contributed by atoms with van der Waals surface area (Å²) in [7, 11) is 0. The summed E-state index contributed by atoms with van der Waals surface area (Å²) in [5, 5.41) is 3.36. The van der Waals surface area contributed by atoms with Crippen molar-refractivity contribution in [3.63, 3.8) is 0 Å². The molecule has 1 unspecified atom stereocenters. The zero-order valence-electron chi connectivity index (χ0n) is 10.4. The fourth-order valence-corrected chi connectivity index (χ4v) is 2.24. The van der Waals surface area contributed by atoms with Crippen LogP contribution in [0.5, 0.6) is 0 Å². The van der Waals surface area contributed by atoms with Gasteiger partial charge in [0.15, 0.2) is 0 Å². The van der Waals surface area contributed by atoms with Crippen LogP contribution in [-0.2, 0) is 0 Å². The van der Waals surface area contributed by atoms with E-state index < -0.39 is 0 Å². The van der Waals surface area contributed by atoms with E-state index in [0.29, 0.717) is 0 Å². The number of halogens is 2. The van der Waals surface area contributed by atoms with Crippen molar-refractivity contribution < 1.29 is 4.39 Å². The SMILES string of the molecule is Cc1ccc(C(C)Nc2ccc(F)cc2Br)cc1. The normalized spacial score (nSPS) is 12.2. The van der Waals surface area contributed by atoms with Crippen LogP contribution in [0.25, 0.3) is 0 Å². The Labute approximate surface area is 115 Å². The zero-order valence-corrected chi connectivity index (χ0v) is 12.0. The molecule has 0 aliphatic carbocycles. The molecule has 18 heavy (non-hydrogen) atoms. The molecule has 2 aromatic rings. The first-order valence-electron chi connectivity index (χ1n) is 5.84. The van der Waals surface area contributed by atoms with Crippen molar-refractivity contribution in [2.45, 2.75) is 19.9 Å². The molecule has 94 valence electrons. The van der Waals surface area contributed by atoms with E-state index >= 15 is 0 Å².